The molecule has 1 aliphatic heterocycles. The van der Waals surface area contributed by atoms with Crippen molar-refractivity contribution in [3.05, 3.63) is 59.7 Å². The topological polar surface area (TPSA) is 61.5 Å². The molecule has 1 heterocycles. The van der Waals surface area contributed by atoms with Gasteiger partial charge in [0.05, 0.1) is 12.7 Å². The summed E-state index contributed by atoms with van der Waals surface area (Å²) in [5.74, 6) is 1.25. The minimum absolute atomic E-state index is 0.0901. The maximum Gasteiger partial charge on any atom is 0.187 e. The van der Waals surface area contributed by atoms with Crippen molar-refractivity contribution < 1.29 is 14.3 Å². The molecule has 2 aromatic rings. The second kappa shape index (κ2) is 4.98. The Morgan fingerprint density at radius 3 is 2.50 bits per heavy atom. The monoisotopic (exact) mass is 269 g/mol. The number of carbonyl (C=O) groups is 1. The molecule has 3 rings (SSSR count). The number of Topliss-reactive ketones (excluding diaryl/α,β-unsaturated/α-hetero) is 1. The van der Waals surface area contributed by atoms with Gasteiger partial charge in [-0.15, -0.1) is 0 Å². The molecule has 0 saturated carbocycles. The summed E-state index contributed by atoms with van der Waals surface area (Å²) in [5.41, 5.74) is 7.44. The van der Waals surface area contributed by atoms with Gasteiger partial charge in [-0.3, -0.25) is 4.79 Å². The molecule has 2 N–H and O–H groups in total. The predicted molar refractivity (Wildman–Crippen MR) is 75.1 cm³/mol. The third-order valence-corrected chi connectivity index (χ3v) is 3.48. The van der Waals surface area contributed by atoms with Crippen LogP contribution in [0.4, 0.5) is 0 Å². The predicted octanol–water partition coefficient (Wildman–Crippen LogP) is 2.34. The SMILES string of the molecule is COc1ccc(C2Oc3ccccc3C(=O)C2N)cc1. The molecule has 0 aliphatic carbocycles. The fourth-order valence-corrected chi connectivity index (χ4v) is 2.37. The molecular formula is C16H15NO3. The maximum atomic E-state index is 12.3. The van der Waals surface area contributed by atoms with E-state index in [-0.39, 0.29) is 5.78 Å². The van der Waals surface area contributed by atoms with E-state index >= 15 is 0 Å². The van der Waals surface area contributed by atoms with Crippen LogP contribution < -0.4 is 15.2 Å². The van der Waals surface area contributed by atoms with Gasteiger partial charge in [0.1, 0.15) is 23.6 Å². The van der Waals surface area contributed by atoms with E-state index in [0.29, 0.717) is 11.3 Å². The van der Waals surface area contributed by atoms with E-state index in [1.807, 2.05) is 30.3 Å². The molecule has 0 fully saturated rings. The minimum Gasteiger partial charge on any atom is -0.497 e. The number of hydrogen-bond donors (Lipinski definition) is 1. The van der Waals surface area contributed by atoms with E-state index in [0.717, 1.165) is 11.3 Å². The number of nitrogens with two attached hydrogens (primary N) is 1. The first-order valence-corrected chi connectivity index (χ1v) is 6.40. The summed E-state index contributed by atoms with van der Waals surface area (Å²) in [6, 6.07) is 13.9. The number of para-hydroxylation sites is 1. The van der Waals surface area contributed by atoms with Crippen LogP contribution in [0.2, 0.25) is 0 Å². The van der Waals surface area contributed by atoms with Crippen molar-refractivity contribution in [2.45, 2.75) is 12.1 Å². The third-order valence-electron chi connectivity index (χ3n) is 3.48. The van der Waals surface area contributed by atoms with Crippen LogP contribution in [-0.2, 0) is 0 Å². The van der Waals surface area contributed by atoms with Crippen LogP contribution in [0, 0.1) is 0 Å². The lowest BCUT2D eigenvalue weighted by Crippen LogP contribution is -2.42. The summed E-state index contributed by atoms with van der Waals surface area (Å²) in [6.07, 6.45) is -0.469. The van der Waals surface area contributed by atoms with Crippen molar-refractivity contribution in [3.8, 4) is 11.5 Å². The van der Waals surface area contributed by atoms with Crippen LogP contribution in [0.25, 0.3) is 0 Å². The first-order valence-electron chi connectivity index (χ1n) is 6.40. The van der Waals surface area contributed by atoms with Crippen LogP contribution in [-0.4, -0.2) is 18.9 Å². The van der Waals surface area contributed by atoms with E-state index in [1.54, 1.807) is 25.3 Å². The van der Waals surface area contributed by atoms with Gasteiger partial charge in [-0.25, -0.2) is 0 Å². The Labute approximate surface area is 117 Å². The number of ketones is 1. The van der Waals surface area contributed by atoms with Crippen LogP contribution in [0.5, 0.6) is 11.5 Å². The van der Waals surface area contributed by atoms with Gasteiger partial charge < -0.3 is 15.2 Å². The van der Waals surface area contributed by atoms with Crippen molar-refractivity contribution in [1.29, 1.82) is 0 Å². The summed E-state index contributed by atoms with van der Waals surface area (Å²) in [7, 11) is 1.61. The zero-order valence-electron chi connectivity index (χ0n) is 11.1. The van der Waals surface area contributed by atoms with Crippen molar-refractivity contribution in [2.24, 2.45) is 5.73 Å². The molecule has 2 unspecified atom stereocenters. The standard InChI is InChI=1S/C16H15NO3/c1-19-11-8-6-10(7-9-11)16-14(17)15(18)12-4-2-3-5-13(12)20-16/h2-9,14,16H,17H2,1H3. The Morgan fingerprint density at radius 1 is 1.10 bits per heavy atom. The summed E-state index contributed by atoms with van der Waals surface area (Å²) >= 11 is 0. The van der Waals surface area contributed by atoms with Gasteiger partial charge in [-0.1, -0.05) is 24.3 Å². The number of hydrogen-bond acceptors (Lipinski definition) is 4. The van der Waals surface area contributed by atoms with Crippen LogP contribution in [0.15, 0.2) is 48.5 Å². The number of carbonyl (C=O) groups excluding carboxylic acids is 1. The summed E-state index contributed by atoms with van der Waals surface area (Å²) in [6.45, 7) is 0. The second-order valence-electron chi connectivity index (χ2n) is 4.70. The van der Waals surface area contributed by atoms with E-state index in [4.69, 9.17) is 15.2 Å². The molecule has 0 amide bonds. The van der Waals surface area contributed by atoms with Crippen molar-refractivity contribution in [1.82, 2.24) is 0 Å². The fraction of sp³-hybridized carbons (Fsp3) is 0.188. The van der Waals surface area contributed by atoms with E-state index < -0.39 is 12.1 Å². The van der Waals surface area contributed by atoms with Gasteiger partial charge >= 0.3 is 0 Å². The Hall–Kier alpha value is -2.33. The highest BCUT2D eigenvalue weighted by atomic mass is 16.5. The average molecular weight is 269 g/mol. The molecule has 0 spiro atoms. The Balaban J connectivity index is 1.97. The Morgan fingerprint density at radius 2 is 1.80 bits per heavy atom. The third kappa shape index (κ3) is 2.04. The van der Waals surface area contributed by atoms with Gasteiger partial charge in [0, 0.05) is 0 Å². The minimum atomic E-state index is -0.696. The van der Waals surface area contributed by atoms with E-state index in [2.05, 4.69) is 0 Å². The van der Waals surface area contributed by atoms with Crippen LogP contribution >= 0.6 is 0 Å². The quantitative estimate of drug-likeness (QED) is 0.909. The lowest BCUT2D eigenvalue weighted by Gasteiger charge is -2.30. The summed E-state index contributed by atoms with van der Waals surface area (Å²) < 4.78 is 11.0. The lowest BCUT2D eigenvalue weighted by molar-refractivity contribution is 0.0789. The maximum absolute atomic E-state index is 12.3. The van der Waals surface area contributed by atoms with Gasteiger partial charge in [-0.2, -0.15) is 0 Å². The molecule has 1 aliphatic rings. The normalized spacial score (nSPS) is 21.0. The molecule has 0 saturated heterocycles. The molecule has 0 bridgehead atoms. The van der Waals surface area contributed by atoms with E-state index in [1.165, 1.54) is 0 Å². The van der Waals surface area contributed by atoms with Crippen molar-refractivity contribution in [2.75, 3.05) is 7.11 Å². The molecule has 4 heteroatoms. The first-order chi connectivity index (χ1) is 9.70. The number of fused-ring (bicyclic) bond motifs is 1. The average Bonchev–Trinajstić information content (AvgIpc) is 2.51. The van der Waals surface area contributed by atoms with Crippen molar-refractivity contribution in [3.63, 3.8) is 0 Å². The van der Waals surface area contributed by atoms with Gasteiger partial charge in [-0.05, 0) is 29.8 Å². The summed E-state index contributed by atoms with van der Waals surface area (Å²) in [4.78, 5) is 12.3. The Kier molecular flexibility index (Phi) is 3.16. The first kappa shape index (κ1) is 12.7. The van der Waals surface area contributed by atoms with Gasteiger partial charge in [0.25, 0.3) is 0 Å². The zero-order valence-corrected chi connectivity index (χ0v) is 11.1. The molecule has 4 nitrogen and oxygen atoms in total. The fourth-order valence-electron chi connectivity index (χ4n) is 2.37. The van der Waals surface area contributed by atoms with Crippen LogP contribution in [0.3, 0.4) is 0 Å². The zero-order chi connectivity index (χ0) is 14.1. The largest absolute Gasteiger partial charge is 0.497 e. The molecule has 2 atom stereocenters. The summed E-state index contributed by atoms with van der Waals surface area (Å²) in [5, 5.41) is 0. The van der Waals surface area contributed by atoms with Gasteiger partial charge in [0.15, 0.2) is 5.78 Å². The smallest absolute Gasteiger partial charge is 0.187 e. The molecule has 0 aromatic heterocycles. The van der Waals surface area contributed by atoms with Gasteiger partial charge in [0.2, 0.25) is 0 Å². The molecule has 20 heavy (non-hydrogen) atoms. The highest BCUT2D eigenvalue weighted by molar-refractivity contribution is 6.03. The number of ether oxygens (including phenoxy) is 2. The molecule has 102 valence electrons. The molecular weight excluding hydrogens is 254 g/mol. The van der Waals surface area contributed by atoms with E-state index in [9.17, 15) is 4.79 Å². The lowest BCUT2D eigenvalue weighted by atomic mass is 9.92. The number of rotatable bonds is 2. The Bertz CT molecular complexity index is 636. The highest BCUT2D eigenvalue weighted by Crippen LogP contribution is 2.34. The highest BCUT2D eigenvalue weighted by Gasteiger charge is 2.35. The van der Waals surface area contributed by atoms with Crippen LogP contribution in [0.1, 0.15) is 22.0 Å². The molecule has 2 aromatic carbocycles. The second-order valence-corrected chi connectivity index (χ2v) is 4.70. The molecule has 0 radical (unpaired) electrons. The van der Waals surface area contributed by atoms with Crippen molar-refractivity contribution >= 4 is 5.78 Å². The number of benzene rings is 2. The number of methoxy groups -OCH3 is 1.